The lowest BCUT2D eigenvalue weighted by Crippen LogP contribution is -2.16. The molecule has 3 atom stereocenters. The first kappa shape index (κ1) is 8.05. The minimum Gasteiger partial charge on any atom is -0.466 e. The van der Waals surface area contributed by atoms with Crippen molar-refractivity contribution in [2.45, 2.75) is 13.3 Å². The van der Waals surface area contributed by atoms with Crippen LogP contribution in [0.2, 0.25) is 0 Å². The molecule has 0 aromatic rings. The molecule has 0 aromatic heterocycles. The Balaban J connectivity index is 1.72. The Kier molecular flexibility index (Phi) is 2.05. The molecule has 1 saturated heterocycles. The van der Waals surface area contributed by atoms with Crippen molar-refractivity contribution in [3.05, 3.63) is 0 Å². The highest BCUT2D eigenvalue weighted by molar-refractivity contribution is 5.70. The molecule has 0 amide bonds. The quantitative estimate of drug-likeness (QED) is 0.622. The number of rotatable bonds is 3. The molecule has 2 rings (SSSR count). The summed E-state index contributed by atoms with van der Waals surface area (Å²) in [6, 6.07) is 0. The smallest absolute Gasteiger partial charge is 0.306 e. The third-order valence-electron chi connectivity index (χ3n) is 2.98. The first-order valence-corrected chi connectivity index (χ1v) is 4.69. The zero-order valence-electron chi connectivity index (χ0n) is 7.38. The molecule has 68 valence electrons. The van der Waals surface area contributed by atoms with Crippen LogP contribution in [0.3, 0.4) is 0 Å². The fraction of sp³-hybridized carbons (Fsp3) is 0.889. The second-order valence-corrected chi connectivity index (χ2v) is 3.66. The van der Waals surface area contributed by atoms with E-state index in [0.29, 0.717) is 18.9 Å². The summed E-state index contributed by atoms with van der Waals surface area (Å²) in [6.07, 6.45) is 0.644. The summed E-state index contributed by atoms with van der Waals surface area (Å²) >= 11 is 0. The molecular formula is C9H15NO2. The minimum absolute atomic E-state index is 0.0168. The van der Waals surface area contributed by atoms with E-state index >= 15 is 0 Å². The molecule has 0 aromatic carbocycles. The maximum absolute atomic E-state index is 11.1. The molecule has 0 bridgehead atoms. The van der Waals surface area contributed by atoms with Crippen molar-refractivity contribution in [2.75, 3.05) is 19.7 Å². The summed E-state index contributed by atoms with van der Waals surface area (Å²) < 4.78 is 4.90. The number of fused-ring (bicyclic) bond motifs is 1. The van der Waals surface area contributed by atoms with E-state index in [1.54, 1.807) is 0 Å². The topological polar surface area (TPSA) is 38.3 Å². The summed E-state index contributed by atoms with van der Waals surface area (Å²) in [5, 5.41) is 3.30. The van der Waals surface area contributed by atoms with Crippen LogP contribution < -0.4 is 5.32 Å². The van der Waals surface area contributed by atoms with Crippen LogP contribution in [0.4, 0.5) is 0 Å². The molecule has 3 nitrogen and oxygen atoms in total. The van der Waals surface area contributed by atoms with Crippen LogP contribution in [-0.2, 0) is 9.53 Å². The van der Waals surface area contributed by atoms with Gasteiger partial charge in [0.2, 0.25) is 0 Å². The lowest BCUT2D eigenvalue weighted by molar-refractivity contribution is -0.143. The number of hydrogen-bond acceptors (Lipinski definition) is 3. The van der Waals surface area contributed by atoms with E-state index in [4.69, 9.17) is 4.74 Å². The Bertz CT molecular complexity index is 183. The van der Waals surface area contributed by atoms with Crippen molar-refractivity contribution in [1.82, 2.24) is 5.32 Å². The summed E-state index contributed by atoms with van der Waals surface area (Å²) in [6.45, 7) is 4.58. The second kappa shape index (κ2) is 3.05. The van der Waals surface area contributed by atoms with Gasteiger partial charge in [-0.25, -0.2) is 0 Å². The normalized spacial score (nSPS) is 37.6. The number of carbonyl (C=O) groups is 1. The van der Waals surface area contributed by atoms with E-state index in [2.05, 4.69) is 5.32 Å². The Morgan fingerprint density at radius 1 is 1.50 bits per heavy atom. The number of ether oxygens (including phenoxy) is 1. The van der Waals surface area contributed by atoms with Crippen LogP contribution in [0.5, 0.6) is 0 Å². The molecule has 0 spiro atoms. The third kappa shape index (κ3) is 1.33. The van der Waals surface area contributed by atoms with Crippen molar-refractivity contribution in [3.8, 4) is 0 Å². The molecule has 3 heteroatoms. The zero-order valence-corrected chi connectivity index (χ0v) is 7.38. The Morgan fingerprint density at radius 3 is 2.75 bits per heavy atom. The Hall–Kier alpha value is -0.570. The number of nitrogens with one attached hydrogen (secondary N) is 1. The average Bonchev–Trinajstić information content (AvgIpc) is 2.51. The monoisotopic (exact) mass is 169 g/mol. The number of esters is 1. The number of carbonyl (C=O) groups excluding carboxylic acids is 1. The maximum Gasteiger partial charge on any atom is 0.306 e. The van der Waals surface area contributed by atoms with E-state index < -0.39 is 0 Å². The molecule has 1 aliphatic heterocycles. The van der Waals surface area contributed by atoms with Crippen molar-refractivity contribution in [1.29, 1.82) is 0 Å². The van der Waals surface area contributed by atoms with Crippen LogP contribution in [0.25, 0.3) is 0 Å². The first-order chi connectivity index (χ1) is 5.83. The molecule has 2 aliphatic rings. The predicted molar refractivity (Wildman–Crippen MR) is 44.6 cm³/mol. The molecular weight excluding hydrogens is 154 g/mol. The zero-order chi connectivity index (χ0) is 8.55. The van der Waals surface area contributed by atoms with Gasteiger partial charge in [-0.15, -0.1) is 0 Å². The lowest BCUT2D eigenvalue weighted by atomic mass is 10.2. The number of hydrogen-bond donors (Lipinski definition) is 1. The fourth-order valence-electron chi connectivity index (χ4n) is 2.26. The van der Waals surface area contributed by atoms with E-state index in [1.807, 2.05) is 6.92 Å². The van der Waals surface area contributed by atoms with Crippen molar-refractivity contribution < 1.29 is 9.53 Å². The van der Waals surface area contributed by atoms with Crippen LogP contribution in [0.1, 0.15) is 13.3 Å². The highest BCUT2D eigenvalue weighted by atomic mass is 16.5. The van der Waals surface area contributed by atoms with Gasteiger partial charge in [-0.1, -0.05) is 0 Å². The maximum atomic E-state index is 11.1. The van der Waals surface area contributed by atoms with Gasteiger partial charge >= 0.3 is 5.97 Å². The number of piperidine rings is 1. The fourth-order valence-corrected chi connectivity index (χ4v) is 2.26. The van der Waals surface area contributed by atoms with Crippen LogP contribution in [-0.4, -0.2) is 25.7 Å². The van der Waals surface area contributed by atoms with E-state index in [-0.39, 0.29) is 5.97 Å². The van der Waals surface area contributed by atoms with Crippen LogP contribution in [0, 0.1) is 17.8 Å². The van der Waals surface area contributed by atoms with E-state index in [0.717, 1.165) is 24.9 Å². The van der Waals surface area contributed by atoms with Gasteiger partial charge in [0.15, 0.2) is 0 Å². The van der Waals surface area contributed by atoms with Gasteiger partial charge in [0.25, 0.3) is 0 Å². The second-order valence-electron chi connectivity index (χ2n) is 3.66. The molecule has 1 saturated carbocycles. The van der Waals surface area contributed by atoms with Crippen LogP contribution in [0.15, 0.2) is 0 Å². The molecule has 1 heterocycles. The Morgan fingerprint density at radius 2 is 2.17 bits per heavy atom. The van der Waals surface area contributed by atoms with Crippen molar-refractivity contribution in [2.24, 2.45) is 17.8 Å². The summed E-state index contributed by atoms with van der Waals surface area (Å²) in [5.74, 6) is 2.16. The first-order valence-electron chi connectivity index (χ1n) is 4.69. The van der Waals surface area contributed by atoms with Crippen molar-refractivity contribution in [3.63, 3.8) is 0 Å². The van der Waals surface area contributed by atoms with Gasteiger partial charge < -0.3 is 10.1 Å². The summed E-state index contributed by atoms with van der Waals surface area (Å²) in [5.41, 5.74) is 0. The highest BCUT2D eigenvalue weighted by Gasteiger charge is 2.53. The van der Waals surface area contributed by atoms with Crippen LogP contribution >= 0.6 is 0 Å². The molecule has 2 fully saturated rings. The van der Waals surface area contributed by atoms with E-state index in [9.17, 15) is 4.79 Å². The summed E-state index contributed by atoms with van der Waals surface area (Å²) in [7, 11) is 0. The Labute approximate surface area is 72.5 Å². The van der Waals surface area contributed by atoms with Gasteiger partial charge in [0, 0.05) is 6.42 Å². The summed E-state index contributed by atoms with van der Waals surface area (Å²) in [4.78, 5) is 11.1. The molecule has 2 unspecified atom stereocenters. The largest absolute Gasteiger partial charge is 0.466 e. The average molecular weight is 169 g/mol. The highest BCUT2D eigenvalue weighted by Crippen LogP contribution is 2.50. The minimum atomic E-state index is -0.0168. The molecule has 12 heavy (non-hydrogen) atoms. The van der Waals surface area contributed by atoms with Gasteiger partial charge in [-0.2, -0.15) is 0 Å². The van der Waals surface area contributed by atoms with Gasteiger partial charge in [0.1, 0.15) is 0 Å². The van der Waals surface area contributed by atoms with E-state index in [1.165, 1.54) is 0 Å². The molecule has 0 radical (unpaired) electrons. The lowest BCUT2D eigenvalue weighted by Gasteiger charge is -2.03. The standard InChI is InChI=1S/C9H15NO2/c1-2-12-9(11)3-6-7-4-10-5-8(6)7/h6-8,10H,2-5H2,1H3/t6?,7-,8?/m1/s1. The van der Waals surface area contributed by atoms with Crippen molar-refractivity contribution >= 4 is 5.97 Å². The molecule has 1 aliphatic carbocycles. The predicted octanol–water partition coefficient (Wildman–Crippen LogP) is 0.405. The SMILES string of the molecule is CCOC(=O)CC1C2CNC[C@@H]21. The molecule has 1 N–H and O–H groups in total. The third-order valence-corrected chi connectivity index (χ3v) is 2.98. The van der Waals surface area contributed by atoms with Gasteiger partial charge in [-0.05, 0) is 37.8 Å². The van der Waals surface area contributed by atoms with Gasteiger partial charge in [0.05, 0.1) is 6.61 Å². The van der Waals surface area contributed by atoms with Gasteiger partial charge in [-0.3, -0.25) is 4.79 Å².